The monoisotopic (exact) mass is 331 g/mol. The molecule has 130 valence electrons. The molecule has 1 amide bonds. The standard InChI is InChI=1S/C17H25N5O2/c1-11(2)16-18-17(24-20-16)14-5-7-21(8-6-14)15(23)10-22-13(4)9-12(3)19-22/h9,11,14H,5-8,10H2,1-4H3. The van der Waals surface area contributed by atoms with E-state index in [1.165, 1.54) is 0 Å². The van der Waals surface area contributed by atoms with E-state index in [-0.39, 0.29) is 17.7 Å². The van der Waals surface area contributed by atoms with Crippen molar-refractivity contribution in [3.8, 4) is 0 Å². The van der Waals surface area contributed by atoms with Gasteiger partial charge in [0.15, 0.2) is 5.82 Å². The molecular formula is C17H25N5O2. The van der Waals surface area contributed by atoms with Crippen molar-refractivity contribution >= 4 is 5.91 Å². The van der Waals surface area contributed by atoms with Gasteiger partial charge in [-0.25, -0.2) is 0 Å². The summed E-state index contributed by atoms with van der Waals surface area (Å²) in [7, 11) is 0. The SMILES string of the molecule is Cc1cc(C)n(CC(=O)N2CCC(c3nc(C(C)C)no3)CC2)n1. The summed E-state index contributed by atoms with van der Waals surface area (Å²) in [5.41, 5.74) is 1.96. The highest BCUT2D eigenvalue weighted by molar-refractivity contribution is 5.76. The minimum absolute atomic E-state index is 0.119. The summed E-state index contributed by atoms with van der Waals surface area (Å²) in [4.78, 5) is 18.9. The number of nitrogens with zero attached hydrogens (tertiary/aromatic N) is 5. The average Bonchev–Trinajstić information content (AvgIpc) is 3.15. The Hall–Kier alpha value is -2.18. The Morgan fingerprint density at radius 3 is 2.58 bits per heavy atom. The summed E-state index contributed by atoms with van der Waals surface area (Å²) < 4.78 is 7.17. The van der Waals surface area contributed by atoms with Gasteiger partial charge in [0.1, 0.15) is 6.54 Å². The quantitative estimate of drug-likeness (QED) is 0.860. The van der Waals surface area contributed by atoms with Gasteiger partial charge in [0.2, 0.25) is 11.8 Å². The molecule has 3 rings (SSSR count). The van der Waals surface area contributed by atoms with Gasteiger partial charge in [-0.1, -0.05) is 19.0 Å². The molecule has 24 heavy (non-hydrogen) atoms. The van der Waals surface area contributed by atoms with Crippen molar-refractivity contribution in [3.05, 3.63) is 29.2 Å². The van der Waals surface area contributed by atoms with Crippen molar-refractivity contribution < 1.29 is 9.32 Å². The highest BCUT2D eigenvalue weighted by Gasteiger charge is 2.28. The maximum Gasteiger partial charge on any atom is 0.244 e. The second-order valence-corrected chi connectivity index (χ2v) is 6.89. The maximum absolute atomic E-state index is 12.5. The van der Waals surface area contributed by atoms with Crippen LogP contribution in [0.4, 0.5) is 0 Å². The van der Waals surface area contributed by atoms with Crippen molar-refractivity contribution in [1.82, 2.24) is 24.8 Å². The molecule has 0 bridgehead atoms. The Labute approximate surface area is 142 Å². The molecule has 1 saturated heterocycles. The summed E-state index contributed by atoms with van der Waals surface area (Å²) in [6.07, 6.45) is 1.73. The van der Waals surface area contributed by atoms with Crippen molar-refractivity contribution in [3.63, 3.8) is 0 Å². The van der Waals surface area contributed by atoms with Crippen LogP contribution >= 0.6 is 0 Å². The Bertz CT molecular complexity index is 710. The summed E-state index contributed by atoms with van der Waals surface area (Å²) in [6.45, 7) is 9.77. The Morgan fingerprint density at radius 2 is 2.04 bits per heavy atom. The van der Waals surface area contributed by atoms with E-state index in [0.29, 0.717) is 12.4 Å². The first-order valence-electron chi connectivity index (χ1n) is 8.56. The zero-order valence-electron chi connectivity index (χ0n) is 14.8. The maximum atomic E-state index is 12.5. The third-order valence-electron chi connectivity index (χ3n) is 4.56. The third-order valence-corrected chi connectivity index (χ3v) is 4.56. The van der Waals surface area contributed by atoms with E-state index in [1.54, 1.807) is 4.68 Å². The van der Waals surface area contributed by atoms with Gasteiger partial charge in [0.25, 0.3) is 0 Å². The highest BCUT2D eigenvalue weighted by Crippen LogP contribution is 2.27. The third kappa shape index (κ3) is 3.49. The molecule has 1 fully saturated rings. The molecular weight excluding hydrogens is 306 g/mol. The largest absolute Gasteiger partial charge is 0.341 e. The molecule has 1 aliphatic heterocycles. The number of aromatic nitrogens is 4. The lowest BCUT2D eigenvalue weighted by atomic mass is 9.96. The van der Waals surface area contributed by atoms with Crippen LogP contribution in [-0.2, 0) is 11.3 Å². The van der Waals surface area contributed by atoms with E-state index in [2.05, 4.69) is 29.1 Å². The zero-order chi connectivity index (χ0) is 17.3. The van der Waals surface area contributed by atoms with E-state index >= 15 is 0 Å². The summed E-state index contributed by atoms with van der Waals surface area (Å²) >= 11 is 0. The van der Waals surface area contributed by atoms with Crippen molar-refractivity contribution in [2.24, 2.45) is 0 Å². The molecule has 0 N–H and O–H groups in total. The summed E-state index contributed by atoms with van der Waals surface area (Å²) in [5.74, 6) is 2.11. The Kier molecular flexibility index (Phi) is 4.69. The van der Waals surface area contributed by atoms with Crippen LogP contribution in [0, 0.1) is 13.8 Å². The van der Waals surface area contributed by atoms with Crippen LogP contribution in [-0.4, -0.2) is 43.8 Å². The zero-order valence-corrected chi connectivity index (χ0v) is 14.8. The normalized spacial score (nSPS) is 16.1. The van der Waals surface area contributed by atoms with Crippen LogP contribution in [0.25, 0.3) is 0 Å². The molecule has 0 unspecified atom stereocenters. The topological polar surface area (TPSA) is 77.0 Å². The number of hydrogen-bond donors (Lipinski definition) is 0. The van der Waals surface area contributed by atoms with Gasteiger partial charge in [0, 0.05) is 30.6 Å². The minimum atomic E-state index is 0.119. The first-order valence-corrected chi connectivity index (χ1v) is 8.56. The predicted octanol–water partition coefficient (Wildman–Crippen LogP) is 2.41. The highest BCUT2D eigenvalue weighted by atomic mass is 16.5. The van der Waals surface area contributed by atoms with Crippen LogP contribution in [0.15, 0.2) is 10.6 Å². The van der Waals surface area contributed by atoms with Gasteiger partial charge in [-0.2, -0.15) is 10.1 Å². The molecule has 0 saturated carbocycles. The number of rotatable bonds is 4. The van der Waals surface area contributed by atoms with Crippen LogP contribution in [0.3, 0.4) is 0 Å². The van der Waals surface area contributed by atoms with E-state index in [9.17, 15) is 4.79 Å². The number of aryl methyl sites for hydroxylation is 2. The van der Waals surface area contributed by atoms with Crippen molar-refractivity contribution in [2.45, 2.75) is 58.9 Å². The van der Waals surface area contributed by atoms with Gasteiger partial charge in [0.05, 0.1) is 5.69 Å². The smallest absolute Gasteiger partial charge is 0.244 e. The molecule has 0 aromatic carbocycles. The van der Waals surface area contributed by atoms with Gasteiger partial charge in [-0.05, 0) is 32.8 Å². The van der Waals surface area contributed by atoms with E-state index in [1.807, 2.05) is 24.8 Å². The molecule has 0 radical (unpaired) electrons. The minimum Gasteiger partial charge on any atom is -0.341 e. The molecule has 7 nitrogen and oxygen atoms in total. The fourth-order valence-electron chi connectivity index (χ4n) is 3.09. The lowest BCUT2D eigenvalue weighted by Crippen LogP contribution is -2.40. The van der Waals surface area contributed by atoms with Crippen LogP contribution in [0.5, 0.6) is 0 Å². The number of likely N-dealkylation sites (tertiary alicyclic amines) is 1. The number of amides is 1. The van der Waals surface area contributed by atoms with Gasteiger partial charge in [-0.15, -0.1) is 0 Å². The van der Waals surface area contributed by atoms with Crippen molar-refractivity contribution in [1.29, 1.82) is 0 Å². The Balaban J connectivity index is 1.56. The van der Waals surface area contributed by atoms with E-state index in [0.717, 1.165) is 43.1 Å². The van der Waals surface area contributed by atoms with Crippen molar-refractivity contribution in [2.75, 3.05) is 13.1 Å². The number of carbonyl (C=O) groups excluding carboxylic acids is 1. The molecule has 7 heteroatoms. The average molecular weight is 331 g/mol. The lowest BCUT2D eigenvalue weighted by Gasteiger charge is -2.30. The van der Waals surface area contributed by atoms with Crippen LogP contribution < -0.4 is 0 Å². The fraction of sp³-hybridized carbons (Fsp3) is 0.647. The second-order valence-electron chi connectivity index (χ2n) is 6.89. The number of hydrogen-bond acceptors (Lipinski definition) is 5. The summed E-state index contributed by atoms with van der Waals surface area (Å²) in [5, 5.41) is 8.40. The first-order chi connectivity index (χ1) is 11.4. The fourth-order valence-corrected chi connectivity index (χ4v) is 3.09. The molecule has 0 atom stereocenters. The second kappa shape index (κ2) is 6.75. The van der Waals surface area contributed by atoms with Gasteiger partial charge >= 0.3 is 0 Å². The van der Waals surface area contributed by atoms with Gasteiger partial charge < -0.3 is 9.42 Å². The first kappa shape index (κ1) is 16.7. The van der Waals surface area contributed by atoms with Gasteiger partial charge in [-0.3, -0.25) is 9.48 Å². The molecule has 2 aromatic heterocycles. The summed E-state index contributed by atoms with van der Waals surface area (Å²) in [6, 6.07) is 1.99. The molecule has 1 aliphatic rings. The molecule has 2 aromatic rings. The van der Waals surface area contributed by atoms with E-state index in [4.69, 9.17) is 4.52 Å². The molecule has 3 heterocycles. The predicted molar refractivity (Wildman–Crippen MR) is 88.6 cm³/mol. The number of carbonyl (C=O) groups is 1. The van der Waals surface area contributed by atoms with Crippen LogP contribution in [0.1, 0.15) is 61.6 Å². The molecule has 0 aliphatic carbocycles. The van der Waals surface area contributed by atoms with Crippen LogP contribution in [0.2, 0.25) is 0 Å². The number of piperidine rings is 1. The Morgan fingerprint density at radius 1 is 1.33 bits per heavy atom. The van der Waals surface area contributed by atoms with E-state index < -0.39 is 0 Å². The molecule has 0 spiro atoms. The lowest BCUT2D eigenvalue weighted by molar-refractivity contribution is -0.133.